The molecule has 20 heavy (non-hydrogen) atoms. The van der Waals surface area contributed by atoms with E-state index in [4.69, 9.17) is 9.47 Å². The Labute approximate surface area is 116 Å². The highest BCUT2D eigenvalue weighted by Gasteiger charge is 2.24. The Morgan fingerprint density at radius 1 is 1.45 bits per heavy atom. The maximum absolute atomic E-state index is 13.0. The van der Waals surface area contributed by atoms with Gasteiger partial charge in [-0.05, 0) is 25.1 Å². The number of aldehydes is 1. The molecule has 5 nitrogen and oxygen atoms in total. The summed E-state index contributed by atoms with van der Waals surface area (Å²) < 4.78 is 23.7. The van der Waals surface area contributed by atoms with Crippen LogP contribution in [0.25, 0.3) is 0 Å². The first-order valence-corrected chi connectivity index (χ1v) is 6.39. The molecule has 2 rings (SSSR count). The molecule has 1 fully saturated rings. The van der Waals surface area contributed by atoms with E-state index >= 15 is 0 Å². The van der Waals surface area contributed by atoms with Gasteiger partial charge in [-0.3, -0.25) is 9.59 Å². The Hall–Kier alpha value is -1.95. The molecule has 1 amide bonds. The molecule has 1 aliphatic heterocycles. The smallest absolute Gasteiger partial charge is 0.263 e. The van der Waals surface area contributed by atoms with Crippen LogP contribution >= 0.6 is 0 Å². The minimum absolute atomic E-state index is 0.0895. The van der Waals surface area contributed by atoms with E-state index in [1.165, 1.54) is 12.1 Å². The number of amides is 1. The second-order valence-electron chi connectivity index (χ2n) is 4.50. The molecule has 0 aromatic heterocycles. The molecule has 0 aliphatic carbocycles. The van der Waals surface area contributed by atoms with E-state index in [-0.39, 0.29) is 17.2 Å². The van der Waals surface area contributed by atoms with Gasteiger partial charge in [0.15, 0.2) is 12.4 Å². The third-order valence-corrected chi connectivity index (χ3v) is 3.07. The minimum atomic E-state index is -0.739. The molecule has 1 saturated heterocycles. The zero-order valence-electron chi connectivity index (χ0n) is 11.2. The van der Waals surface area contributed by atoms with Gasteiger partial charge in [-0.15, -0.1) is 0 Å². The lowest BCUT2D eigenvalue weighted by Gasteiger charge is -2.29. The number of halogens is 1. The molecule has 1 unspecified atom stereocenters. The van der Waals surface area contributed by atoms with Crippen molar-refractivity contribution in [1.29, 1.82) is 0 Å². The van der Waals surface area contributed by atoms with Gasteiger partial charge in [0, 0.05) is 13.1 Å². The first-order chi connectivity index (χ1) is 9.61. The van der Waals surface area contributed by atoms with Gasteiger partial charge in [-0.1, -0.05) is 0 Å². The topological polar surface area (TPSA) is 55.8 Å². The van der Waals surface area contributed by atoms with E-state index in [1.807, 2.05) is 0 Å². The summed E-state index contributed by atoms with van der Waals surface area (Å²) in [7, 11) is 0. The highest BCUT2D eigenvalue weighted by atomic mass is 19.1. The highest BCUT2D eigenvalue weighted by molar-refractivity contribution is 5.82. The summed E-state index contributed by atoms with van der Waals surface area (Å²) in [5.41, 5.74) is 0.0895. The Bertz CT molecular complexity index is 500. The second kappa shape index (κ2) is 6.47. The number of hydrogen-bond acceptors (Lipinski definition) is 4. The molecule has 1 aromatic rings. The first-order valence-electron chi connectivity index (χ1n) is 6.39. The summed E-state index contributed by atoms with van der Waals surface area (Å²) in [6.07, 6.45) is -0.234. The molecule has 1 aromatic carbocycles. The maximum Gasteiger partial charge on any atom is 0.263 e. The van der Waals surface area contributed by atoms with Crippen LogP contribution in [0.15, 0.2) is 18.2 Å². The molecule has 0 saturated carbocycles. The summed E-state index contributed by atoms with van der Waals surface area (Å²) in [4.78, 5) is 24.7. The van der Waals surface area contributed by atoms with Gasteiger partial charge >= 0.3 is 0 Å². The van der Waals surface area contributed by atoms with E-state index in [0.29, 0.717) is 32.6 Å². The lowest BCUT2D eigenvalue weighted by molar-refractivity contribution is -0.142. The molecule has 0 bridgehead atoms. The Morgan fingerprint density at radius 2 is 2.15 bits per heavy atom. The predicted molar refractivity (Wildman–Crippen MR) is 69.3 cm³/mol. The quantitative estimate of drug-likeness (QED) is 0.780. The van der Waals surface area contributed by atoms with Gasteiger partial charge in [0.1, 0.15) is 11.6 Å². The number of hydrogen-bond donors (Lipinski definition) is 0. The second-order valence-corrected chi connectivity index (χ2v) is 4.50. The Morgan fingerprint density at radius 3 is 2.80 bits per heavy atom. The van der Waals surface area contributed by atoms with Crippen molar-refractivity contribution >= 4 is 12.2 Å². The van der Waals surface area contributed by atoms with Crippen molar-refractivity contribution in [2.75, 3.05) is 26.3 Å². The lowest BCUT2D eigenvalue weighted by atomic mass is 10.2. The number of nitrogens with zero attached hydrogens (tertiary/aromatic N) is 1. The number of morpholine rings is 1. The van der Waals surface area contributed by atoms with E-state index in [9.17, 15) is 14.0 Å². The number of ether oxygens (including phenoxy) is 2. The van der Waals surface area contributed by atoms with Crippen LogP contribution in [0.2, 0.25) is 0 Å². The van der Waals surface area contributed by atoms with Crippen LogP contribution in [0.4, 0.5) is 4.39 Å². The zero-order chi connectivity index (χ0) is 14.5. The molecule has 0 spiro atoms. The third kappa shape index (κ3) is 3.33. The molecule has 0 N–H and O–H groups in total. The van der Waals surface area contributed by atoms with E-state index < -0.39 is 11.9 Å². The summed E-state index contributed by atoms with van der Waals surface area (Å²) in [6, 6.07) is 3.62. The fourth-order valence-electron chi connectivity index (χ4n) is 2.00. The van der Waals surface area contributed by atoms with Gasteiger partial charge in [-0.25, -0.2) is 4.39 Å². The molecule has 108 valence electrons. The number of carbonyl (C=O) groups is 2. The fraction of sp³-hybridized carbons (Fsp3) is 0.429. The molecule has 1 atom stereocenters. The predicted octanol–water partition coefficient (Wildman–Crippen LogP) is 1.26. The van der Waals surface area contributed by atoms with Gasteiger partial charge in [0.25, 0.3) is 5.91 Å². The minimum Gasteiger partial charge on any atom is -0.480 e. The van der Waals surface area contributed by atoms with Crippen molar-refractivity contribution in [1.82, 2.24) is 4.90 Å². The summed E-state index contributed by atoms with van der Waals surface area (Å²) >= 11 is 0. The third-order valence-electron chi connectivity index (χ3n) is 3.07. The lowest BCUT2D eigenvalue weighted by Crippen LogP contribution is -2.46. The molecular weight excluding hydrogens is 265 g/mol. The van der Waals surface area contributed by atoms with Gasteiger partial charge in [-0.2, -0.15) is 0 Å². The standard InChI is InChI=1S/C14H16FNO4/c1-10(14(18)16-4-6-19-7-5-16)20-13-3-2-12(15)8-11(13)9-17/h2-3,8-10H,4-7H2,1H3. The zero-order valence-corrected chi connectivity index (χ0v) is 11.2. The van der Waals surface area contributed by atoms with Gasteiger partial charge in [0.05, 0.1) is 18.8 Å². The maximum atomic E-state index is 13.0. The van der Waals surface area contributed by atoms with Crippen molar-refractivity contribution in [3.05, 3.63) is 29.6 Å². The first kappa shape index (κ1) is 14.5. The summed E-state index contributed by atoms with van der Waals surface area (Å²) in [5, 5.41) is 0. The largest absolute Gasteiger partial charge is 0.480 e. The van der Waals surface area contributed by atoms with E-state index in [2.05, 4.69) is 0 Å². The van der Waals surface area contributed by atoms with Gasteiger partial charge < -0.3 is 14.4 Å². The normalized spacial score (nSPS) is 16.6. The highest BCUT2D eigenvalue weighted by Crippen LogP contribution is 2.20. The SMILES string of the molecule is CC(Oc1ccc(F)cc1C=O)C(=O)N1CCOCC1. The summed E-state index contributed by atoms with van der Waals surface area (Å²) in [5.74, 6) is -0.489. The molecule has 1 heterocycles. The van der Waals surface area contributed by atoms with E-state index in [1.54, 1.807) is 11.8 Å². The van der Waals surface area contributed by atoms with Crippen LogP contribution in [0, 0.1) is 5.82 Å². The van der Waals surface area contributed by atoms with Crippen LogP contribution in [-0.2, 0) is 9.53 Å². The van der Waals surface area contributed by atoms with Crippen LogP contribution in [-0.4, -0.2) is 49.5 Å². The average molecular weight is 281 g/mol. The molecule has 6 heteroatoms. The van der Waals surface area contributed by atoms with E-state index in [0.717, 1.165) is 6.07 Å². The van der Waals surface area contributed by atoms with Crippen LogP contribution in [0.3, 0.4) is 0 Å². The Kier molecular flexibility index (Phi) is 4.68. The molecular formula is C14H16FNO4. The molecule has 1 aliphatic rings. The van der Waals surface area contributed by atoms with Crippen molar-refractivity contribution < 1.29 is 23.5 Å². The van der Waals surface area contributed by atoms with Crippen molar-refractivity contribution in [2.45, 2.75) is 13.0 Å². The number of benzene rings is 1. The van der Waals surface area contributed by atoms with Crippen molar-refractivity contribution in [3.63, 3.8) is 0 Å². The summed E-state index contributed by atoms with van der Waals surface area (Å²) in [6.45, 7) is 3.67. The average Bonchev–Trinajstić information content (AvgIpc) is 2.49. The fourth-order valence-corrected chi connectivity index (χ4v) is 2.00. The van der Waals surface area contributed by atoms with Crippen LogP contribution < -0.4 is 4.74 Å². The van der Waals surface area contributed by atoms with Crippen molar-refractivity contribution in [3.8, 4) is 5.75 Å². The van der Waals surface area contributed by atoms with Crippen LogP contribution in [0.1, 0.15) is 17.3 Å². The van der Waals surface area contributed by atoms with Crippen molar-refractivity contribution in [2.24, 2.45) is 0 Å². The number of carbonyl (C=O) groups excluding carboxylic acids is 2. The molecule has 0 radical (unpaired) electrons. The monoisotopic (exact) mass is 281 g/mol. The van der Waals surface area contributed by atoms with Gasteiger partial charge in [0.2, 0.25) is 0 Å². The van der Waals surface area contributed by atoms with Crippen LogP contribution in [0.5, 0.6) is 5.75 Å². The number of rotatable bonds is 4. The Balaban J connectivity index is 2.05.